The standard InChI is InChI=1S/C25H25NO6S2/c1-4-31-25(30)23-22(17-9-7-15(2)8-10-17)16(3)34-24(23)26-20(28)14-32-21(29)12-11-18(27)19-6-5-13-33-19/h5-10,13H,4,11-12,14H2,1-3H3,(H,26,28). The number of amides is 1. The van der Waals surface area contributed by atoms with Crippen molar-refractivity contribution in [3.63, 3.8) is 0 Å². The molecule has 7 nitrogen and oxygen atoms in total. The number of carbonyl (C=O) groups is 4. The van der Waals surface area contributed by atoms with E-state index in [0.29, 0.717) is 15.4 Å². The molecule has 0 radical (unpaired) electrons. The van der Waals surface area contributed by atoms with Gasteiger partial charge in [-0.15, -0.1) is 22.7 Å². The van der Waals surface area contributed by atoms with Crippen molar-refractivity contribution >= 4 is 51.3 Å². The van der Waals surface area contributed by atoms with Crippen molar-refractivity contribution in [2.24, 2.45) is 0 Å². The Bertz CT molecular complexity index is 1180. The van der Waals surface area contributed by atoms with Gasteiger partial charge in [-0.2, -0.15) is 0 Å². The summed E-state index contributed by atoms with van der Waals surface area (Å²) in [5, 5.41) is 4.79. The summed E-state index contributed by atoms with van der Waals surface area (Å²) in [6, 6.07) is 11.2. The average molecular weight is 500 g/mol. The maximum Gasteiger partial charge on any atom is 0.341 e. The van der Waals surface area contributed by atoms with Crippen molar-refractivity contribution in [1.82, 2.24) is 0 Å². The fourth-order valence-corrected chi connectivity index (χ4v) is 5.03. The van der Waals surface area contributed by atoms with Crippen molar-refractivity contribution in [3.8, 4) is 11.1 Å². The van der Waals surface area contributed by atoms with E-state index in [4.69, 9.17) is 9.47 Å². The Labute approximate surface area is 205 Å². The van der Waals surface area contributed by atoms with Crippen molar-refractivity contribution < 1.29 is 28.7 Å². The van der Waals surface area contributed by atoms with Gasteiger partial charge in [-0.05, 0) is 37.8 Å². The third-order valence-corrected chi connectivity index (χ3v) is 6.80. The van der Waals surface area contributed by atoms with Crippen molar-refractivity contribution in [1.29, 1.82) is 0 Å². The lowest BCUT2D eigenvalue weighted by Gasteiger charge is -2.10. The summed E-state index contributed by atoms with van der Waals surface area (Å²) in [5.41, 5.74) is 2.89. The first-order chi connectivity index (χ1) is 16.3. The normalized spacial score (nSPS) is 10.6. The number of benzene rings is 1. The number of aryl methyl sites for hydroxylation is 2. The van der Waals surface area contributed by atoms with Crippen LogP contribution < -0.4 is 5.32 Å². The monoisotopic (exact) mass is 499 g/mol. The van der Waals surface area contributed by atoms with Crippen LogP contribution in [0.3, 0.4) is 0 Å². The third kappa shape index (κ3) is 6.39. The maximum atomic E-state index is 12.8. The van der Waals surface area contributed by atoms with Gasteiger partial charge in [0.1, 0.15) is 10.6 Å². The van der Waals surface area contributed by atoms with Gasteiger partial charge < -0.3 is 14.8 Å². The first-order valence-electron chi connectivity index (χ1n) is 10.7. The molecule has 1 N–H and O–H groups in total. The summed E-state index contributed by atoms with van der Waals surface area (Å²) in [7, 11) is 0. The molecule has 9 heteroatoms. The third-order valence-electron chi connectivity index (χ3n) is 4.87. The molecule has 0 saturated carbocycles. The predicted octanol–water partition coefficient (Wildman–Crippen LogP) is 5.41. The van der Waals surface area contributed by atoms with Gasteiger partial charge in [0.05, 0.1) is 17.9 Å². The molecule has 0 aliphatic heterocycles. The molecule has 1 aromatic carbocycles. The number of anilines is 1. The van der Waals surface area contributed by atoms with Crippen LogP contribution in [0.1, 0.15) is 50.2 Å². The molecule has 0 unspecified atom stereocenters. The minimum absolute atomic E-state index is 0.0119. The molecule has 178 valence electrons. The second-order valence-corrected chi connectivity index (χ2v) is 9.61. The quantitative estimate of drug-likeness (QED) is 0.296. The summed E-state index contributed by atoms with van der Waals surface area (Å²) < 4.78 is 10.2. The minimum atomic E-state index is -0.645. The lowest BCUT2D eigenvalue weighted by molar-refractivity contribution is -0.147. The molecule has 2 heterocycles. The fraction of sp³-hybridized carbons (Fsp3) is 0.280. The topological polar surface area (TPSA) is 98.8 Å². The first-order valence-corrected chi connectivity index (χ1v) is 12.4. The number of Topliss-reactive ketones (excluding diaryl/α,β-unsaturated/α-hetero) is 1. The number of rotatable bonds is 10. The number of ketones is 1. The lowest BCUT2D eigenvalue weighted by atomic mass is 10.0. The van der Waals surface area contributed by atoms with Gasteiger partial charge in [0.25, 0.3) is 5.91 Å². The Morgan fingerprint density at radius 2 is 1.71 bits per heavy atom. The Morgan fingerprint density at radius 1 is 0.971 bits per heavy atom. The summed E-state index contributed by atoms with van der Waals surface area (Å²) in [5.74, 6) is -1.91. The smallest absolute Gasteiger partial charge is 0.341 e. The van der Waals surface area contributed by atoms with Crippen LogP contribution in [0, 0.1) is 13.8 Å². The molecule has 0 atom stereocenters. The van der Waals surface area contributed by atoms with Gasteiger partial charge in [0.2, 0.25) is 0 Å². The van der Waals surface area contributed by atoms with Gasteiger partial charge in [0.15, 0.2) is 12.4 Å². The second kappa shape index (κ2) is 11.7. The molecule has 0 spiro atoms. The molecule has 0 fully saturated rings. The number of thiophene rings is 2. The van der Waals surface area contributed by atoms with E-state index in [1.807, 2.05) is 38.1 Å². The molecule has 2 aromatic heterocycles. The van der Waals surface area contributed by atoms with Gasteiger partial charge in [-0.25, -0.2) is 4.79 Å². The molecule has 1 amide bonds. The number of ether oxygens (including phenoxy) is 2. The van der Waals surface area contributed by atoms with E-state index in [1.54, 1.807) is 24.4 Å². The number of hydrogen-bond acceptors (Lipinski definition) is 8. The highest BCUT2D eigenvalue weighted by Crippen LogP contribution is 2.40. The van der Waals surface area contributed by atoms with E-state index < -0.39 is 24.5 Å². The summed E-state index contributed by atoms with van der Waals surface area (Å²) >= 11 is 2.56. The van der Waals surface area contributed by atoms with Gasteiger partial charge in [-0.1, -0.05) is 35.9 Å². The SMILES string of the molecule is CCOC(=O)c1c(NC(=O)COC(=O)CCC(=O)c2cccs2)sc(C)c1-c1ccc(C)cc1. The zero-order chi connectivity index (χ0) is 24.7. The number of hydrogen-bond donors (Lipinski definition) is 1. The number of nitrogens with one attached hydrogen (secondary N) is 1. The highest BCUT2D eigenvalue weighted by molar-refractivity contribution is 7.17. The predicted molar refractivity (Wildman–Crippen MR) is 133 cm³/mol. The van der Waals surface area contributed by atoms with E-state index in [9.17, 15) is 19.2 Å². The molecule has 34 heavy (non-hydrogen) atoms. The van der Waals surface area contributed by atoms with Crippen LogP contribution in [0.2, 0.25) is 0 Å². The van der Waals surface area contributed by atoms with Crippen LogP contribution in [0.5, 0.6) is 0 Å². The summed E-state index contributed by atoms with van der Waals surface area (Å²) in [6.45, 7) is 5.22. The van der Waals surface area contributed by atoms with Crippen LogP contribution in [-0.4, -0.2) is 36.8 Å². The lowest BCUT2D eigenvalue weighted by Crippen LogP contribution is -2.22. The Balaban J connectivity index is 1.66. The van der Waals surface area contributed by atoms with Crippen molar-refractivity contribution in [2.75, 3.05) is 18.5 Å². The molecule has 0 saturated heterocycles. The van der Waals surface area contributed by atoms with Crippen LogP contribution >= 0.6 is 22.7 Å². The van der Waals surface area contributed by atoms with Crippen molar-refractivity contribution in [3.05, 3.63) is 62.7 Å². The van der Waals surface area contributed by atoms with Crippen LogP contribution in [-0.2, 0) is 19.1 Å². The molecule has 0 aliphatic rings. The van der Waals surface area contributed by atoms with E-state index in [-0.39, 0.29) is 30.8 Å². The molecule has 3 aromatic rings. The second-order valence-electron chi connectivity index (χ2n) is 7.43. The first kappa shape index (κ1) is 25.3. The molecular weight excluding hydrogens is 474 g/mol. The van der Waals surface area contributed by atoms with Crippen molar-refractivity contribution in [2.45, 2.75) is 33.6 Å². The molecule has 0 bridgehead atoms. The highest BCUT2D eigenvalue weighted by atomic mass is 32.1. The fourth-order valence-electron chi connectivity index (χ4n) is 3.26. The van der Waals surface area contributed by atoms with Crippen LogP contribution in [0.4, 0.5) is 5.00 Å². The molecule has 3 rings (SSSR count). The Hall–Kier alpha value is -3.30. The maximum absolute atomic E-state index is 12.8. The zero-order valence-electron chi connectivity index (χ0n) is 19.1. The van der Waals surface area contributed by atoms with E-state index >= 15 is 0 Å². The highest BCUT2D eigenvalue weighted by Gasteiger charge is 2.25. The average Bonchev–Trinajstić information content (AvgIpc) is 3.45. The zero-order valence-corrected chi connectivity index (χ0v) is 20.8. The van der Waals surface area contributed by atoms with E-state index in [1.165, 1.54) is 22.7 Å². The Kier molecular flexibility index (Phi) is 8.72. The Morgan fingerprint density at radius 3 is 2.35 bits per heavy atom. The van der Waals surface area contributed by atoms with Gasteiger partial charge in [0, 0.05) is 16.9 Å². The van der Waals surface area contributed by atoms with E-state index in [0.717, 1.165) is 16.0 Å². The molecular formula is C25H25NO6S2. The van der Waals surface area contributed by atoms with E-state index in [2.05, 4.69) is 5.32 Å². The summed E-state index contributed by atoms with van der Waals surface area (Å²) in [6.07, 6.45) is -0.105. The van der Waals surface area contributed by atoms with Gasteiger partial charge in [-0.3, -0.25) is 14.4 Å². The number of carbonyl (C=O) groups excluding carboxylic acids is 4. The van der Waals surface area contributed by atoms with Gasteiger partial charge >= 0.3 is 11.9 Å². The largest absolute Gasteiger partial charge is 0.462 e. The van der Waals surface area contributed by atoms with Crippen LogP contribution in [0.15, 0.2) is 41.8 Å². The minimum Gasteiger partial charge on any atom is -0.462 e. The number of esters is 2. The van der Waals surface area contributed by atoms with Crippen LogP contribution in [0.25, 0.3) is 11.1 Å². The molecule has 0 aliphatic carbocycles. The summed E-state index contributed by atoms with van der Waals surface area (Å²) in [4.78, 5) is 50.6.